The minimum absolute atomic E-state index is 0.0785. The molecule has 4 rings (SSSR count). The first-order chi connectivity index (χ1) is 12.5. The van der Waals surface area contributed by atoms with Gasteiger partial charge in [0.15, 0.2) is 11.0 Å². The zero-order valence-corrected chi connectivity index (χ0v) is 14.5. The van der Waals surface area contributed by atoms with E-state index in [0.29, 0.717) is 12.1 Å². The molecule has 0 aliphatic heterocycles. The average Bonchev–Trinajstić information content (AvgIpc) is 3.06. The van der Waals surface area contributed by atoms with Gasteiger partial charge in [0.1, 0.15) is 6.67 Å². The van der Waals surface area contributed by atoms with Crippen molar-refractivity contribution in [1.29, 1.82) is 0 Å². The summed E-state index contributed by atoms with van der Waals surface area (Å²) in [5, 5.41) is -2.61. The topological polar surface area (TPSA) is 0 Å². The van der Waals surface area contributed by atoms with Gasteiger partial charge in [0, 0.05) is 27.2 Å². The normalized spacial score (nSPS) is 18.5. The minimum Gasteiger partial charge on any atom is -0.246 e. The van der Waals surface area contributed by atoms with Gasteiger partial charge in [0.2, 0.25) is 5.13 Å². The van der Waals surface area contributed by atoms with E-state index >= 15 is 0 Å². The fourth-order valence-corrected chi connectivity index (χ4v) is 5.10. The number of thioether (sulfide) groups is 1. The quantitative estimate of drug-likeness (QED) is 0.472. The fourth-order valence-electron chi connectivity index (χ4n) is 3.32. The molecule has 0 radical (unpaired) electrons. The van der Waals surface area contributed by atoms with Gasteiger partial charge in [-0.2, -0.15) is 26.3 Å². The Bertz CT molecular complexity index is 1050. The van der Waals surface area contributed by atoms with Crippen molar-refractivity contribution < 1.29 is 35.1 Å². The first-order valence-electron chi connectivity index (χ1n) is 7.27. The molecule has 0 saturated heterocycles. The Balaban J connectivity index is 2.02. The lowest BCUT2D eigenvalue weighted by Crippen LogP contribution is -2.16. The van der Waals surface area contributed by atoms with Gasteiger partial charge in [0.25, 0.3) is 5.92 Å². The second-order valence-corrected chi connectivity index (χ2v) is 7.91. The number of hydrogen-bond donors (Lipinski definition) is 0. The number of halogens is 8. The molecule has 0 bridgehead atoms. The van der Waals surface area contributed by atoms with Crippen LogP contribution in [0.25, 0.3) is 15.3 Å². The van der Waals surface area contributed by atoms with Crippen LogP contribution in [0, 0.1) is 10.9 Å². The van der Waals surface area contributed by atoms with E-state index in [9.17, 15) is 35.1 Å². The summed E-state index contributed by atoms with van der Waals surface area (Å²) in [7, 11) is 0. The predicted octanol–water partition coefficient (Wildman–Crippen LogP) is 7.11. The maximum atomic E-state index is 14.7. The molecule has 0 fully saturated rings. The van der Waals surface area contributed by atoms with E-state index in [0.717, 1.165) is 0 Å². The average molecular weight is 426 g/mol. The van der Waals surface area contributed by atoms with Crippen molar-refractivity contribution in [2.24, 2.45) is 0 Å². The van der Waals surface area contributed by atoms with E-state index in [4.69, 9.17) is 0 Å². The molecular weight excluding hydrogens is 420 g/mol. The van der Waals surface area contributed by atoms with E-state index < -0.39 is 77.8 Å². The van der Waals surface area contributed by atoms with Gasteiger partial charge in [-0.05, 0) is 17.7 Å². The Morgan fingerprint density at radius 3 is 2.22 bits per heavy atom. The molecule has 142 valence electrons. The van der Waals surface area contributed by atoms with E-state index in [1.807, 2.05) is 0 Å². The molecular formula is C17H6F8S2. The molecule has 2 aliphatic carbocycles. The molecule has 0 nitrogen and oxygen atoms in total. The van der Waals surface area contributed by atoms with Crippen LogP contribution in [-0.2, 0) is 11.8 Å². The maximum Gasteiger partial charge on any atom is 0.303 e. The smallest absolute Gasteiger partial charge is 0.246 e. The van der Waals surface area contributed by atoms with Crippen molar-refractivity contribution in [2.75, 3.05) is 6.67 Å². The van der Waals surface area contributed by atoms with E-state index in [1.54, 1.807) is 0 Å². The lowest BCUT2D eigenvalue weighted by molar-refractivity contribution is 0.0352. The standard InChI is InChI=1S/C17H6F8S2/c1-5(19)26-13-6-2-9-7(3-8(6)16(22,23)10(13)4-18)14-11(17(9,24)25)12(20)15(21)27-14/h2-3H,1,4H2. The molecule has 0 amide bonds. The molecule has 0 N–H and O–H groups in total. The molecule has 1 aromatic carbocycles. The maximum absolute atomic E-state index is 14.7. The number of hydrogen-bond acceptors (Lipinski definition) is 2. The van der Waals surface area contributed by atoms with Crippen LogP contribution in [0.3, 0.4) is 0 Å². The summed E-state index contributed by atoms with van der Waals surface area (Å²) in [5.74, 6) is -9.60. The Kier molecular flexibility index (Phi) is 3.85. The van der Waals surface area contributed by atoms with Crippen LogP contribution >= 0.6 is 23.1 Å². The highest BCUT2D eigenvalue weighted by atomic mass is 32.2. The lowest BCUT2D eigenvalue weighted by atomic mass is 9.98. The first-order valence-corrected chi connectivity index (χ1v) is 8.90. The molecule has 1 aromatic heterocycles. The highest BCUT2D eigenvalue weighted by Gasteiger charge is 2.53. The van der Waals surface area contributed by atoms with Gasteiger partial charge in [-0.3, -0.25) is 0 Å². The summed E-state index contributed by atoms with van der Waals surface area (Å²) in [4.78, 5) is -1.05. The number of benzene rings is 1. The Labute approximate surface area is 155 Å². The Morgan fingerprint density at radius 2 is 1.63 bits per heavy atom. The van der Waals surface area contributed by atoms with Crippen LogP contribution < -0.4 is 0 Å². The third-order valence-electron chi connectivity index (χ3n) is 4.45. The van der Waals surface area contributed by atoms with Crippen LogP contribution in [0.5, 0.6) is 0 Å². The van der Waals surface area contributed by atoms with Crippen molar-refractivity contribution >= 4 is 28.0 Å². The van der Waals surface area contributed by atoms with E-state index in [1.165, 1.54) is 0 Å². The van der Waals surface area contributed by atoms with E-state index in [2.05, 4.69) is 6.58 Å². The third kappa shape index (κ3) is 2.29. The van der Waals surface area contributed by atoms with Gasteiger partial charge in [-0.15, -0.1) is 11.3 Å². The number of alkyl halides is 5. The van der Waals surface area contributed by atoms with Crippen LogP contribution in [0.1, 0.15) is 22.3 Å². The van der Waals surface area contributed by atoms with Crippen molar-refractivity contribution in [1.82, 2.24) is 0 Å². The Morgan fingerprint density at radius 1 is 1.04 bits per heavy atom. The second-order valence-electron chi connectivity index (χ2n) is 5.88. The molecule has 2 aromatic rings. The zero-order valence-electron chi connectivity index (χ0n) is 12.9. The summed E-state index contributed by atoms with van der Waals surface area (Å²) < 4.78 is 112. The van der Waals surface area contributed by atoms with Crippen LogP contribution in [0.15, 0.2) is 29.4 Å². The summed E-state index contributed by atoms with van der Waals surface area (Å²) in [5.41, 5.74) is -4.87. The fraction of sp³-hybridized carbons (Fsp3) is 0.176. The molecule has 1 heterocycles. The van der Waals surface area contributed by atoms with Gasteiger partial charge >= 0.3 is 5.92 Å². The predicted molar refractivity (Wildman–Crippen MR) is 87.3 cm³/mol. The summed E-state index contributed by atoms with van der Waals surface area (Å²) in [6.45, 7) is 1.28. The largest absolute Gasteiger partial charge is 0.303 e. The van der Waals surface area contributed by atoms with Crippen LogP contribution in [0.2, 0.25) is 0 Å². The lowest BCUT2D eigenvalue weighted by Gasteiger charge is -2.16. The number of fused-ring (bicyclic) bond motifs is 4. The number of thiophene rings is 1. The van der Waals surface area contributed by atoms with Crippen molar-refractivity contribution in [3.63, 3.8) is 0 Å². The zero-order chi connectivity index (χ0) is 19.9. The molecule has 10 heteroatoms. The van der Waals surface area contributed by atoms with Crippen molar-refractivity contribution in [2.45, 2.75) is 11.8 Å². The SMILES string of the molecule is C=C(F)SC1=C(CF)C(F)(F)c2cc3c(cc21)C(F)(F)c1c-3sc(F)c1F. The van der Waals surface area contributed by atoms with E-state index in [-0.39, 0.29) is 23.1 Å². The molecule has 27 heavy (non-hydrogen) atoms. The first kappa shape index (κ1) is 18.5. The van der Waals surface area contributed by atoms with Gasteiger partial charge in [-0.25, -0.2) is 8.78 Å². The number of allylic oxidation sites excluding steroid dienone is 1. The Hall–Kier alpha value is -1.81. The summed E-state index contributed by atoms with van der Waals surface area (Å²) in [6, 6.07) is 1.33. The highest BCUT2D eigenvalue weighted by Crippen LogP contribution is 2.60. The highest BCUT2D eigenvalue weighted by molar-refractivity contribution is 8.11. The molecule has 0 unspecified atom stereocenters. The molecule has 0 saturated carbocycles. The second kappa shape index (κ2) is 5.60. The van der Waals surface area contributed by atoms with Crippen LogP contribution in [-0.4, -0.2) is 6.67 Å². The van der Waals surface area contributed by atoms with Gasteiger partial charge < -0.3 is 0 Å². The summed E-state index contributed by atoms with van der Waals surface area (Å²) in [6.07, 6.45) is 0. The summed E-state index contributed by atoms with van der Waals surface area (Å²) >= 11 is 0.177. The molecule has 0 spiro atoms. The van der Waals surface area contributed by atoms with Gasteiger partial charge in [-0.1, -0.05) is 18.3 Å². The van der Waals surface area contributed by atoms with Crippen LogP contribution in [0.4, 0.5) is 35.1 Å². The monoisotopic (exact) mass is 426 g/mol. The minimum atomic E-state index is -3.97. The van der Waals surface area contributed by atoms with Crippen molar-refractivity contribution in [3.8, 4) is 10.4 Å². The molecule has 2 aliphatic rings. The third-order valence-corrected chi connectivity index (χ3v) is 6.33. The van der Waals surface area contributed by atoms with Crippen molar-refractivity contribution in [3.05, 3.63) is 62.6 Å². The molecule has 0 atom stereocenters. The number of rotatable bonds is 3. The van der Waals surface area contributed by atoms with Gasteiger partial charge in [0.05, 0.1) is 10.4 Å².